The van der Waals surface area contributed by atoms with Crippen molar-refractivity contribution < 1.29 is 28.5 Å². The highest BCUT2D eigenvalue weighted by molar-refractivity contribution is 5.92. The lowest BCUT2D eigenvalue weighted by atomic mass is 10.1. The summed E-state index contributed by atoms with van der Waals surface area (Å²) in [4.78, 5) is 25.4. The SMILES string of the molecule is CCCCCCCCCCCCOc1ccc(C(=O)Oc2ccc(C(=O)Oc3ccc(/C=C/c4cccc(OCCCC)c4)cc3)cc2)cc1. The van der Waals surface area contributed by atoms with Crippen LogP contribution in [0.3, 0.4) is 0 Å². The zero-order valence-corrected chi connectivity index (χ0v) is 29.7. The maximum absolute atomic E-state index is 12.7. The lowest BCUT2D eigenvalue weighted by Crippen LogP contribution is -2.10. The van der Waals surface area contributed by atoms with Crippen LogP contribution in [0.1, 0.15) is 123 Å². The van der Waals surface area contributed by atoms with E-state index in [2.05, 4.69) is 13.8 Å². The van der Waals surface area contributed by atoms with E-state index in [0.717, 1.165) is 41.9 Å². The van der Waals surface area contributed by atoms with Crippen molar-refractivity contribution in [2.45, 2.75) is 90.9 Å². The fourth-order valence-electron chi connectivity index (χ4n) is 5.34. The molecule has 0 bridgehead atoms. The summed E-state index contributed by atoms with van der Waals surface area (Å²) in [5, 5.41) is 0. The number of rotatable bonds is 22. The first kappa shape index (κ1) is 38.0. The fraction of sp³-hybridized carbons (Fsp3) is 0.364. The lowest BCUT2D eigenvalue weighted by molar-refractivity contribution is 0.0730. The Labute approximate surface area is 298 Å². The van der Waals surface area contributed by atoms with Gasteiger partial charge >= 0.3 is 11.9 Å². The molecule has 0 radical (unpaired) electrons. The van der Waals surface area contributed by atoms with E-state index >= 15 is 0 Å². The maximum atomic E-state index is 12.7. The Morgan fingerprint density at radius 1 is 0.460 bits per heavy atom. The third-order valence-electron chi connectivity index (χ3n) is 8.34. The second-order valence-corrected chi connectivity index (χ2v) is 12.5. The third kappa shape index (κ3) is 13.9. The van der Waals surface area contributed by atoms with Crippen LogP contribution >= 0.6 is 0 Å². The van der Waals surface area contributed by atoms with Crippen LogP contribution in [0.25, 0.3) is 12.2 Å². The van der Waals surface area contributed by atoms with Gasteiger partial charge in [0, 0.05) is 0 Å². The molecule has 6 heteroatoms. The van der Waals surface area contributed by atoms with Gasteiger partial charge in [0.05, 0.1) is 24.3 Å². The van der Waals surface area contributed by atoms with Gasteiger partial charge in [-0.15, -0.1) is 0 Å². The van der Waals surface area contributed by atoms with Crippen LogP contribution in [-0.2, 0) is 0 Å². The minimum absolute atomic E-state index is 0.335. The quantitative estimate of drug-likeness (QED) is 0.0357. The second-order valence-electron chi connectivity index (χ2n) is 12.5. The molecule has 0 amide bonds. The number of hydrogen-bond acceptors (Lipinski definition) is 6. The first-order chi connectivity index (χ1) is 24.5. The monoisotopic (exact) mass is 676 g/mol. The van der Waals surface area contributed by atoms with Gasteiger partial charge in [0.1, 0.15) is 23.0 Å². The highest BCUT2D eigenvalue weighted by atomic mass is 16.5. The molecule has 0 spiro atoms. The van der Waals surface area contributed by atoms with Crippen LogP contribution in [0.4, 0.5) is 0 Å². The summed E-state index contributed by atoms with van der Waals surface area (Å²) in [5.41, 5.74) is 2.78. The van der Waals surface area contributed by atoms with E-state index in [9.17, 15) is 9.59 Å². The van der Waals surface area contributed by atoms with Gasteiger partial charge in [0.2, 0.25) is 0 Å². The van der Waals surface area contributed by atoms with Gasteiger partial charge in [-0.3, -0.25) is 0 Å². The second kappa shape index (κ2) is 22.0. The van der Waals surface area contributed by atoms with E-state index < -0.39 is 11.9 Å². The standard InChI is InChI=1S/C44H52O6/c1-3-5-7-8-9-10-11-12-13-14-33-47-39-28-22-37(23-29-39)43(45)50-41-30-24-38(25-31-41)44(46)49-40-26-20-35(21-27-40)18-19-36-16-15-17-42(34-36)48-32-6-4-2/h15-31,34H,3-14,32-33H2,1-2H3/b19-18+. The van der Waals surface area contributed by atoms with E-state index in [1.54, 1.807) is 60.7 Å². The smallest absolute Gasteiger partial charge is 0.343 e. The van der Waals surface area contributed by atoms with Gasteiger partial charge < -0.3 is 18.9 Å². The molecule has 0 heterocycles. The molecule has 0 aromatic heterocycles. The van der Waals surface area contributed by atoms with Crippen molar-refractivity contribution in [2.24, 2.45) is 0 Å². The number of carbonyl (C=O) groups excluding carboxylic acids is 2. The zero-order chi connectivity index (χ0) is 35.2. The molecule has 0 aliphatic carbocycles. The summed E-state index contributed by atoms with van der Waals surface area (Å²) >= 11 is 0. The summed E-state index contributed by atoms with van der Waals surface area (Å²) < 4.78 is 22.7. The predicted molar refractivity (Wildman–Crippen MR) is 202 cm³/mol. The Kier molecular flexibility index (Phi) is 16.7. The van der Waals surface area contributed by atoms with Gasteiger partial charge in [0.15, 0.2) is 0 Å². The van der Waals surface area contributed by atoms with Crippen LogP contribution in [0.5, 0.6) is 23.0 Å². The summed E-state index contributed by atoms with van der Waals surface area (Å²) in [6.45, 7) is 5.78. The van der Waals surface area contributed by atoms with Gasteiger partial charge in [-0.1, -0.05) is 114 Å². The Balaban J connectivity index is 1.15. The average Bonchev–Trinajstić information content (AvgIpc) is 3.14. The van der Waals surface area contributed by atoms with Crippen LogP contribution in [0.15, 0.2) is 97.1 Å². The van der Waals surface area contributed by atoms with E-state index in [1.165, 1.54) is 57.8 Å². The van der Waals surface area contributed by atoms with Gasteiger partial charge in [-0.25, -0.2) is 9.59 Å². The summed E-state index contributed by atoms with van der Waals surface area (Å²) in [6, 6.07) is 28.6. The maximum Gasteiger partial charge on any atom is 0.343 e. The molecule has 4 aromatic carbocycles. The van der Waals surface area contributed by atoms with Crippen molar-refractivity contribution in [1.82, 2.24) is 0 Å². The van der Waals surface area contributed by atoms with Crippen LogP contribution < -0.4 is 18.9 Å². The van der Waals surface area contributed by atoms with Crippen LogP contribution in [0, 0.1) is 0 Å². The molecule has 0 atom stereocenters. The minimum Gasteiger partial charge on any atom is -0.494 e. The minimum atomic E-state index is -0.501. The van der Waals surface area contributed by atoms with Crippen molar-refractivity contribution in [3.63, 3.8) is 0 Å². The van der Waals surface area contributed by atoms with Crippen LogP contribution in [0.2, 0.25) is 0 Å². The largest absolute Gasteiger partial charge is 0.494 e. The molecule has 4 aromatic rings. The van der Waals surface area contributed by atoms with Crippen molar-refractivity contribution >= 4 is 24.1 Å². The summed E-state index contributed by atoms with van der Waals surface area (Å²) in [5.74, 6) is 1.38. The van der Waals surface area contributed by atoms with E-state index in [4.69, 9.17) is 18.9 Å². The molecule has 0 unspecified atom stereocenters. The lowest BCUT2D eigenvalue weighted by Gasteiger charge is -2.08. The van der Waals surface area contributed by atoms with Crippen molar-refractivity contribution in [3.05, 3.63) is 119 Å². The normalized spacial score (nSPS) is 11.0. The molecule has 0 N–H and O–H groups in total. The molecule has 6 nitrogen and oxygen atoms in total. The number of hydrogen-bond donors (Lipinski definition) is 0. The average molecular weight is 677 g/mol. The summed E-state index contributed by atoms with van der Waals surface area (Å²) in [7, 11) is 0. The molecule has 264 valence electrons. The topological polar surface area (TPSA) is 71.1 Å². The molecule has 0 aliphatic rings. The Morgan fingerprint density at radius 2 is 0.920 bits per heavy atom. The Bertz CT molecular complexity index is 1590. The highest BCUT2D eigenvalue weighted by Gasteiger charge is 2.12. The molecule has 0 aliphatic heterocycles. The molecule has 50 heavy (non-hydrogen) atoms. The molecular formula is C44H52O6. The van der Waals surface area contributed by atoms with E-state index in [1.807, 2.05) is 48.6 Å². The number of esters is 2. The Hall–Kier alpha value is -4.84. The number of benzene rings is 4. The van der Waals surface area contributed by atoms with Crippen molar-refractivity contribution in [3.8, 4) is 23.0 Å². The molecular weight excluding hydrogens is 624 g/mol. The number of unbranched alkanes of at least 4 members (excludes halogenated alkanes) is 10. The van der Waals surface area contributed by atoms with Crippen molar-refractivity contribution in [1.29, 1.82) is 0 Å². The van der Waals surface area contributed by atoms with E-state index in [0.29, 0.717) is 35.8 Å². The number of ether oxygens (including phenoxy) is 4. The third-order valence-corrected chi connectivity index (χ3v) is 8.34. The van der Waals surface area contributed by atoms with Crippen molar-refractivity contribution in [2.75, 3.05) is 13.2 Å². The molecule has 0 fully saturated rings. The first-order valence-electron chi connectivity index (χ1n) is 18.3. The number of carbonyl (C=O) groups is 2. The zero-order valence-electron chi connectivity index (χ0n) is 29.7. The van der Waals surface area contributed by atoms with Crippen LogP contribution in [-0.4, -0.2) is 25.2 Å². The highest BCUT2D eigenvalue weighted by Crippen LogP contribution is 2.21. The van der Waals surface area contributed by atoms with Gasteiger partial charge in [0.25, 0.3) is 0 Å². The van der Waals surface area contributed by atoms with Gasteiger partial charge in [-0.05, 0) is 96.8 Å². The van der Waals surface area contributed by atoms with E-state index in [-0.39, 0.29) is 0 Å². The first-order valence-corrected chi connectivity index (χ1v) is 18.3. The molecule has 0 saturated heterocycles. The Morgan fingerprint density at radius 3 is 1.50 bits per heavy atom. The van der Waals surface area contributed by atoms with Gasteiger partial charge in [-0.2, -0.15) is 0 Å². The molecule has 4 rings (SSSR count). The summed E-state index contributed by atoms with van der Waals surface area (Å²) in [6.07, 6.45) is 19.0. The fourth-order valence-corrected chi connectivity index (χ4v) is 5.34. The molecule has 0 saturated carbocycles. The predicted octanol–water partition coefficient (Wildman–Crippen LogP) is 11.8.